The molecule has 2 saturated heterocycles. The second kappa shape index (κ2) is 7.99. The van der Waals surface area contributed by atoms with E-state index in [0.717, 1.165) is 44.6 Å². The third kappa shape index (κ3) is 3.86. The molecule has 138 valence electrons. The fraction of sp³-hybridized carbons (Fsp3) is 0.647. The number of phenols is 1. The zero-order valence-corrected chi connectivity index (χ0v) is 14.4. The van der Waals surface area contributed by atoms with Gasteiger partial charge in [-0.3, -0.25) is 15.0 Å². The first-order valence-corrected chi connectivity index (χ1v) is 8.69. The molecule has 0 radical (unpaired) electrons. The number of hydrogen-bond acceptors (Lipinski definition) is 7. The Morgan fingerprint density at radius 2 is 2.04 bits per heavy atom. The van der Waals surface area contributed by atoms with Gasteiger partial charge >= 0.3 is 5.69 Å². The summed E-state index contributed by atoms with van der Waals surface area (Å²) in [5, 5.41) is 24.8. The third-order valence-electron chi connectivity index (χ3n) is 5.09. The molecule has 2 heterocycles. The maximum Gasteiger partial charge on any atom is 0.314 e. The van der Waals surface area contributed by atoms with Crippen molar-refractivity contribution in [2.24, 2.45) is 5.92 Å². The Balaban J connectivity index is 2.01. The van der Waals surface area contributed by atoms with Crippen molar-refractivity contribution in [3.8, 4) is 11.5 Å². The Morgan fingerprint density at radius 1 is 1.36 bits per heavy atom. The van der Waals surface area contributed by atoms with Crippen LogP contribution in [0.25, 0.3) is 0 Å². The molecule has 1 atom stereocenters. The van der Waals surface area contributed by atoms with Crippen molar-refractivity contribution >= 4 is 5.69 Å². The number of nitro groups is 1. The fourth-order valence-electron chi connectivity index (χ4n) is 3.85. The second-order valence-electron chi connectivity index (χ2n) is 6.53. The van der Waals surface area contributed by atoms with Crippen molar-refractivity contribution in [1.29, 1.82) is 0 Å². The average Bonchev–Trinajstić information content (AvgIpc) is 2.64. The monoisotopic (exact) mass is 351 g/mol. The van der Waals surface area contributed by atoms with Gasteiger partial charge < -0.3 is 19.9 Å². The Hall–Kier alpha value is -1.90. The molecule has 0 spiro atoms. The number of aromatic hydroxyl groups is 1. The molecule has 8 nitrogen and oxygen atoms in total. The molecule has 1 aromatic carbocycles. The molecule has 0 saturated carbocycles. The number of hydrogen-bond donors (Lipinski definition) is 2. The maximum atomic E-state index is 11.4. The van der Waals surface area contributed by atoms with Crippen LogP contribution in [-0.4, -0.2) is 61.4 Å². The summed E-state index contributed by atoms with van der Waals surface area (Å²) in [6, 6.07) is 3.30. The number of nitrogens with one attached hydrogen (secondary N) is 1. The predicted octanol–water partition coefficient (Wildman–Crippen LogP) is 1.68. The molecule has 25 heavy (non-hydrogen) atoms. The van der Waals surface area contributed by atoms with Crippen LogP contribution in [0.4, 0.5) is 5.69 Å². The molecular formula is C17H25N3O5. The van der Waals surface area contributed by atoms with Gasteiger partial charge in [0.15, 0.2) is 5.75 Å². The van der Waals surface area contributed by atoms with Crippen molar-refractivity contribution < 1.29 is 19.5 Å². The summed E-state index contributed by atoms with van der Waals surface area (Å²) in [7, 11) is 1.41. The highest BCUT2D eigenvalue weighted by Crippen LogP contribution is 2.43. The van der Waals surface area contributed by atoms with E-state index in [1.54, 1.807) is 6.07 Å². The van der Waals surface area contributed by atoms with E-state index in [1.165, 1.54) is 13.2 Å². The van der Waals surface area contributed by atoms with E-state index in [-0.39, 0.29) is 17.5 Å². The summed E-state index contributed by atoms with van der Waals surface area (Å²) < 4.78 is 10.7. The van der Waals surface area contributed by atoms with Gasteiger partial charge in [0.25, 0.3) is 0 Å². The van der Waals surface area contributed by atoms with Gasteiger partial charge in [0.2, 0.25) is 5.75 Å². The van der Waals surface area contributed by atoms with Crippen LogP contribution in [0.2, 0.25) is 0 Å². The van der Waals surface area contributed by atoms with Crippen LogP contribution in [-0.2, 0) is 4.74 Å². The number of phenolic OH excluding ortho intramolecular Hbond substituents is 1. The van der Waals surface area contributed by atoms with Crippen molar-refractivity contribution in [3.05, 3.63) is 27.8 Å². The van der Waals surface area contributed by atoms with Gasteiger partial charge in [0.1, 0.15) is 0 Å². The van der Waals surface area contributed by atoms with Crippen LogP contribution in [0.1, 0.15) is 24.4 Å². The van der Waals surface area contributed by atoms with E-state index in [1.807, 2.05) is 0 Å². The van der Waals surface area contributed by atoms with Crippen LogP contribution < -0.4 is 10.1 Å². The highest BCUT2D eigenvalue weighted by Gasteiger charge is 2.33. The zero-order valence-electron chi connectivity index (χ0n) is 14.4. The summed E-state index contributed by atoms with van der Waals surface area (Å²) in [5.74, 6) is 0.0967. The first-order chi connectivity index (χ1) is 12.1. The predicted molar refractivity (Wildman–Crippen MR) is 92.0 cm³/mol. The standard InChI is InChI=1S/C17H25N3O5/c1-24-15-11-13(10-14(17(15)21)20(22)23)16(12-2-8-25-9-3-12)19-6-4-18-5-7-19/h10-12,16,18,21H,2-9H2,1H3/t16-/m0/s1. The van der Waals surface area contributed by atoms with E-state index in [4.69, 9.17) is 9.47 Å². The number of nitrogens with zero attached hydrogens (tertiary/aromatic N) is 2. The largest absolute Gasteiger partial charge is 0.500 e. The highest BCUT2D eigenvalue weighted by atomic mass is 16.6. The van der Waals surface area contributed by atoms with Gasteiger partial charge in [-0.15, -0.1) is 0 Å². The molecule has 2 N–H and O–H groups in total. The van der Waals surface area contributed by atoms with E-state index >= 15 is 0 Å². The quantitative estimate of drug-likeness (QED) is 0.615. The van der Waals surface area contributed by atoms with Crippen LogP contribution in [0.3, 0.4) is 0 Å². The van der Waals surface area contributed by atoms with E-state index in [9.17, 15) is 15.2 Å². The van der Waals surface area contributed by atoms with Crippen molar-refractivity contribution in [1.82, 2.24) is 10.2 Å². The molecular weight excluding hydrogens is 326 g/mol. The number of nitro benzene ring substituents is 1. The maximum absolute atomic E-state index is 11.4. The molecule has 0 amide bonds. The minimum atomic E-state index is -0.555. The van der Waals surface area contributed by atoms with E-state index in [2.05, 4.69) is 10.2 Å². The lowest BCUT2D eigenvalue weighted by Crippen LogP contribution is -2.47. The second-order valence-corrected chi connectivity index (χ2v) is 6.53. The fourth-order valence-corrected chi connectivity index (χ4v) is 3.85. The minimum absolute atomic E-state index is 0.0548. The summed E-state index contributed by atoms with van der Waals surface area (Å²) in [6.07, 6.45) is 1.84. The lowest BCUT2D eigenvalue weighted by Gasteiger charge is -2.41. The van der Waals surface area contributed by atoms with Gasteiger partial charge in [-0.1, -0.05) is 0 Å². The molecule has 0 unspecified atom stereocenters. The molecule has 0 aromatic heterocycles. The lowest BCUT2D eigenvalue weighted by atomic mass is 9.85. The first-order valence-electron chi connectivity index (χ1n) is 8.69. The van der Waals surface area contributed by atoms with E-state index in [0.29, 0.717) is 19.1 Å². The number of rotatable bonds is 5. The normalized spacial score (nSPS) is 21.0. The third-order valence-corrected chi connectivity index (χ3v) is 5.09. The Kier molecular flexibility index (Phi) is 5.72. The van der Waals surface area contributed by atoms with E-state index < -0.39 is 10.7 Å². The summed E-state index contributed by atoms with van der Waals surface area (Å²) in [4.78, 5) is 13.2. The zero-order chi connectivity index (χ0) is 17.8. The van der Waals surface area contributed by atoms with Gasteiger partial charge in [-0.2, -0.15) is 0 Å². The number of methoxy groups -OCH3 is 1. The molecule has 8 heteroatoms. The molecule has 3 rings (SSSR count). The average molecular weight is 351 g/mol. The van der Waals surface area contributed by atoms with Crippen LogP contribution in [0.5, 0.6) is 11.5 Å². The van der Waals surface area contributed by atoms with Crippen LogP contribution >= 0.6 is 0 Å². The van der Waals surface area contributed by atoms with Crippen LogP contribution in [0.15, 0.2) is 12.1 Å². The SMILES string of the molecule is COc1cc([C@H](C2CCOCC2)N2CCNCC2)cc([N+](=O)[O-])c1O. The van der Waals surface area contributed by atoms with Crippen LogP contribution in [0, 0.1) is 16.0 Å². The van der Waals surface area contributed by atoms with Gasteiger partial charge in [0.05, 0.1) is 12.0 Å². The molecule has 2 aliphatic heterocycles. The molecule has 0 aliphatic carbocycles. The number of benzene rings is 1. The number of piperazine rings is 1. The van der Waals surface area contributed by atoms with Gasteiger partial charge in [-0.05, 0) is 30.4 Å². The smallest absolute Gasteiger partial charge is 0.314 e. The Bertz CT molecular complexity index is 595. The highest BCUT2D eigenvalue weighted by molar-refractivity contribution is 5.57. The van der Waals surface area contributed by atoms with Crippen molar-refractivity contribution in [3.63, 3.8) is 0 Å². The number of ether oxygens (including phenoxy) is 2. The Labute approximate surface area is 146 Å². The van der Waals surface area contributed by atoms with Gasteiger partial charge in [-0.25, -0.2) is 0 Å². The molecule has 2 aliphatic rings. The Morgan fingerprint density at radius 3 is 2.64 bits per heavy atom. The minimum Gasteiger partial charge on any atom is -0.500 e. The summed E-state index contributed by atoms with van der Waals surface area (Å²) in [5.41, 5.74) is 0.525. The summed E-state index contributed by atoms with van der Waals surface area (Å²) >= 11 is 0. The van der Waals surface area contributed by atoms with Crippen molar-refractivity contribution in [2.75, 3.05) is 46.5 Å². The topological polar surface area (TPSA) is 97.1 Å². The van der Waals surface area contributed by atoms with Crippen molar-refractivity contribution in [2.45, 2.75) is 18.9 Å². The molecule has 2 fully saturated rings. The van der Waals surface area contributed by atoms with Gasteiger partial charge in [0, 0.05) is 51.5 Å². The molecule has 0 bridgehead atoms. The molecule has 1 aromatic rings. The first kappa shape index (κ1) is 17.9. The lowest BCUT2D eigenvalue weighted by molar-refractivity contribution is -0.386. The summed E-state index contributed by atoms with van der Waals surface area (Å²) in [6.45, 7) is 5.00.